The third kappa shape index (κ3) is 4.85. The van der Waals surface area contributed by atoms with Crippen molar-refractivity contribution in [1.82, 2.24) is 5.32 Å². The van der Waals surface area contributed by atoms with Crippen LogP contribution >= 0.6 is 0 Å². The molecule has 20 heavy (non-hydrogen) atoms. The van der Waals surface area contributed by atoms with Gasteiger partial charge in [-0.05, 0) is 36.6 Å². The molecule has 0 fully saturated rings. The lowest BCUT2D eigenvalue weighted by atomic mass is 9.89. The zero-order chi connectivity index (χ0) is 15.4. The van der Waals surface area contributed by atoms with Crippen molar-refractivity contribution in [3.63, 3.8) is 0 Å². The fourth-order valence-electron chi connectivity index (χ4n) is 1.74. The standard InChI is InChI=1S/C14H19F3N2O/c1-13(2,6-7-18)9-19-12(20)10-4-3-5-11(8-10)14(15,16)17/h3-5,8H,6-7,9,18H2,1-2H3,(H,19,20). The third-order valence-electron chi connectivity index (χ3n) is 3.00. The largest absolute Gasteiger partial charge is 0.416 e. The van der Waals surface area contributed by atoms with Crippen LogP contribution in [0.5, 0.6) is 0 Å². The molecule has 0 bridgehead atoms. The van der Waals surface area contributed by atoms with E-state index in [1.165, 1.54) is 12.1 Å². The molecule has 0 aliphatic carbocycles. The van der Waals surface area contributed by atoms with Crippen LogP contribution < -0.4 is 11.1 Å². The Morgan fingerprint density at radius 2 is 1.95 bits per heavy atom. The van der Waals surface area contributed by atoms with Crippen molar-refractivity contribution in [2.45, 2.75) is 26.4 Å². The molecule has 1 amide bonds. The van der Waals surface area contributed by atoms with E-state index in [0.717, 1.165) is 18.6 Å². The highest BCUT2D eigenvalue weighted by atomic mass is 19.4. The van der Waals surface area contributed by atoms with Crippen molar-refractivity contribution >= 4 is 5.91 Å². The van der Waals surface area contributed by atoms with E-state index in [9.17, 15) is 18.0 Å². The summed E-state index contributed by atoms with van der Waals surface area (Å²) in [5, 5.41) is 2.64. The number of benzene rings is 1. The van der Waals surface area contributed by atoms with Crippen LogP contribution in [0.1, 0.15) is 36.2 Å². The second-order valence-electron chi connectivity index (χ2n) is 5.46. The summed E-state index contributed by atoms with van der Waals surface area (Å²) in [5.41, 5.74) is 4.45. The second kappa shape index (κ2) is 6.26. The Bertz CT molecular complexity index is 470. The van der Waals surface area contributed by atoms with Crippen molar-refractivity contribution in [2.75, 3.05) is 13.1 Å². The molecule has 112 valence electrons. The average molecular weight is 288 g/mol. The molecule has 3 N–H and O–H groups in total. The highest BCUT2D eigenvalue weighted by Gasteiger charge is 2.31. The first-order chi connectivity index (χ1) is 9.15. The van der Waals surface area contributed by atoms with E-state index in [-0.39, 0.29) is 11.0 Å². The van der Waals surface area contributed by atoms with Crippen LogP contribution in [0.3, 0.4) is 0 Å². The number of rotatable bonds is 5. The van der Waals surface area contributed by atoms with Crippen LogP contribution in [0, 0.1) is 5.41 Å². The van der Waals surface area contributed by atoms with Crippen LogP contribution in [0.15, 0.2) is 24.3 Å². The maximum Gasteiger partial charge on any atom is 0.416 e. The molecule has 1 rings (SSSR count). The summed E-state index contributed by atoms with van der Waals surface area (Å²) in [6, 6.07) is 4.38. The molecular formula is C14H19F3N2O. The van der Waals surface area contributed by atoms with Gasteiger partial charge in [0.25, 0.3) is 5.91 Å². The molecule has 1 aromatic rings. The van der Waals surface area contributed by atoms with Crippen LogP contribution in [0.2, 0.25) is 0 Å². The lowest BCUT2D eigenvalue weighted by Crippen LogP contribution is -2.35. The Balaban J connectivity index is 2.74. The van der Waals surface area contributed by atoms with E-state index < -0.39 is 17.6 Å². The zero-order valence-electron chi connectivity index (χ0n) is 11.6. The Kier molecular flexibility index (Phi) is 5.16. The van der Waals surface area contributed by atoms with Crippen LogP contribution in [0.25, 0.3) is 0 Å². The quantitative estimate of drug-likeness (QED) is 0.875. The summed E-state index contributed by atoms with van der Waals surface area (Å²) >= 11 is 0. The van der Waals surface area contributed by atoms with Gasteiger partial charge in [0.2, 0.25) is 0 Å². The molecule has 0 aliphatic heterocycles. The van der Waals surface area contributed by atoms with Gasteiger partial charge in [-0.25, -0.2) is 0 Å². The third-order valence-corrected chi connectivity index (χ3v) is 3.00. The fraction of sp³-hybridized carbons (Fsp3) is 0.500. The number of hydrogen-bond donors (Lipinski definition) is 2. The predicted molar refractivity (Wildman–Crippen MR) is 71.2 cm³/mol. The predicted octanol–water partition coefficient (Wildman–Crippen LogP) is 2.81. The Morgan fingerprint density at radius 3 is 2.50 bits per heavy atom. The molecule has 0 aromatic heterocycles. The van der Waals surface area contributed by atoms with Gasteiger partial charge in [0, 0.05) is 12.1 Å². The molecule has 3 nitrogen and oxygen atoms in total. The van der Waals surface area contributed by atoms with Crippen LogP contribution in [0.4, 0.5) is 13.2 Å². The smallest absolute Gasteiger partial charge is 0.352 e. The molecule has 0 radical (unpaired) electrons. The van der Waals surface area contributed by atoms with Crippen molar-refractivity contribution in [3.05, 3.63) is 35.4 Å². The summed E-state index contributed by atoms with van der Waals surface area (Å²) < 4.78 is 37.7. The molecule has 0 unspecified atom stereocenters. The minimum Gasteiger partial charge on any atom is -0.352 e. The van der Waals surface area contributed by atoms with Crippen LogP contribution in [-0.4, -0.2) is 19.0 Å². The van der Waals surface area contributed by atoms with E-state index in [1.807, 2.05) is 13.8 Å². The molecule has 0 spiro atoms. The highest BCUT2D eigenvalue weighted by molar-refractivity contribution is 5.94. The monoisotopic (exact) mass is 288 g/mol. The van der Waals surface area contributed by atoms with E-state index in [2.05, 4.69) is 5.32 Å². The van der Waals surface area contributed by atoms with Crippen molar-refractivity contribution in [2.24, 2.45) is 11.1 Å². The minimum absolute atomic E-state index is 0.00312. The second-order valence-corrected chi connectivity index (χ2v) is 5.46. The number of alkyl halides is 3. The van der Waals surface area contributed by atoms with E-state index in [4.69, 9.17) is 5.73 Å². The molecule has 0 heterocycles. The van der Waals surface area contributed by atoms with Gasteiger partial charge in [-0.15, -0.1) is 0 Å². The van der Waals surface area contributed by atoms with Crippen molar-refractivity contribution in [1.29, 1.82) is 0 Å². The SMILES string of the molecule is CC(C)(CCN)CNC(=O)c1cccc(C(F)(F)F)c1. The first-order valence-electron chi connectivity index (χ1n) is 6.31. The van der Waals surface area contributed by atoms with Crippen molar-refractivity contribution < 1.29 is 18.0 Å². The average Bonchev–Trinajstić information content (AvgIpc) is 2.35. The number of nitrogens with two attached hydrogens (primary N) is 1. The normalized spacial score (nSPS) is 12.3. The Labute approximate surface area is 116 Å². The van der Waals surface area contributed by atoms with Gasteiger partial charge < -0.3 is 11.1 Å². The van der Waals surface area contributed by atoms with E-state index >= 15 is 0 Å². The van der Waals surface area contributed by atoms with Crippen LogP contribution in [-0.2, 0) is 6.18 Å². The molecule has 0 atom stereocenters. The van der Waals surface area contributed by atoms with Gasteiger partial charge in [-0.3, -0.25) is 4.79 Å². The number of amides is 1. The van der Waals surface area contributed by atoms with E-state index in [0.29, 0.717) is 13.1 Å². The number of carbonyl (C=O) groups excluding carboxylic acids is 1. The number of nitrogens with one attached hydrogen (secondary N) is 1. The maximum atomic E-state index is 12.6. The van der Waals surface area contributed by atoms with Gasteiger partial charge in [0.05, 0.1) is 5.56 Å². The van der Waals surface area contributed by atoms with Gasteiger partial charge in [-0.1, -0.05) is 19.9 Å². The minimum atomic E-state index is -4.45. The van der Waals surface area contributed by atoms with Gasteiger partial charge in [0.15, 0.2) is 0 Å². The summed E-state index contributed by atoms with van der Waals surface area (Å²) in [4.78, 5) is 11.9. The molecular weight excluding hydrogens is 269 g/mol. The Hall–Kier alpha value is -1.56. The summed E-state index contributed by atoms with van der Waals surface area (Å²) in [6.45, 7) is 4.73. The number of hydrogen-bond acceptors (Lipinski definition) is 2. The Morgan fingerprint density at radius 1 is 1.30 bits per heavy atom. The van der Waals surface area contributed by atoms with Crippen molar-refractivity contribution in [3.8, 4) is 0 Å². The zero-order valence-corrected chi connectivity index (χ0v) is 11.6. The number of halogens is 3. The first kappa shape index (κ1) is 16.5. The first-order valence-corrected chi connectivity index (χ1v) is 6.31. The summed E-state index contributed by atoms with van der Waals surface area (Å²) in [5.74, 6) is -0.513. The molecule has 0 aliphatic rings. The molecule has 1 aromatic carbocycles. The number of carbonyl (C=O) groups is 1. The topological polar surface area (TPSA) is 55.1 Å². The fourth-order valence-corrected chi connectivity index (χ4v) is 1.74. The van der Waals surface area contributed by atoms with Gasteiger partial charge in [0.1, 0.15) is 0 Å². The maximum absolute atomic E-state index is 12.6. The lowest BCUT2D eigenvalue weighted by Gasteiger charge is -2.24. The summed E-state index contributed by atoms with van der Waals surface area (Å²) in [7, 11) is 0. The van der Waals surface area contributed by atoms with Gasteiger partial charge in [-0.2, -0.15) is 13.2 Å². The van der Waals surface area contributed by atoms with E-state index in [1.54, 1.807) is 0 Å². The summed E-state index contributed by atoms with van der Waals surface area (Å²) in [6.07, 6.45) is -3.73. The lowest BCUT2D eigenvalue weighted by molar-refractivity contribution is -0.137. The van der Waals surface area contributed by atoms with Gasteiger partial charge >= 0.3 is 6.18 Å². The highest BCUT2D eigenvalue weighted by Crippen LogP contribution is 2.29. The molecule has 6 heteroatoms. The molecule has 0 saturated heterocycles. The molecule has 0 saturated carbocycles.